The highest BCUT2D eigenvalue weighted by Gasteiger charge is 2.25. The van der Waals surface area contributed by atoms with Crippen molar-refractivity contribution in [3.05, 3.63) is 30.3 Å². The van der Waals surface area contributed by atoms with Crippen molar-refractivity contribution in [1.29, 1.82) is 0 Å². The maximum Gasteiger partial charge on any atom is 0.225 e. The molecule has 1 aliphatic heterocycles. The van der Waals surface area contributed by atoms with Crippen LogP contribution in [0.3, 0.4) is 0 Å². The number of nitrogens with zero attached hydrogens (tertiary/aromatic N) is 2. The Morgan fingerprint density at radius 2 is 1.90 bits per heavy atom. The summed E-state index contributed by atoms with van der Waals surface area (Å²) in [5, 5.41) is 0. The Morgan fingerprint density at radius 1 is 1.25 bits per heavy atom. The van der Waals surface area contributed by atoms with Crippen LogP contribution >= 0.6 is 0 Å². The molecule has 1 saturated heterocycles. The number of amides is 1. The van der Waals surface area contributed by atoms with Gasteiger partial charge in [0.25, 0.3) is 0 Å². The Kier molecular flexibility index (Phi) is 5.41. The standard InChI is InChI=1S/C16H24N2O2/c1-17(2)16(19)14-8-10-18(11-9-14)12-13-20-15-6-4-3-5-7-15/h3-7,14H,8-13H2,1-2H3. The third kappa shape index (κ3) is 4.23. The summed E-state index contributed by atoms with van der Waals surface area (Å²) in [5.41, 5.74) is 0. The van der Waals surface area contributed by atoms with E-state index in [0.29, 0.717) is 6.61 Å². The molecular weight excluding hydrogens is 252 g/mol. The number of benzene rings is 1. The van der Waals surface area contributed by atoms with E-state index in [2.05, 4.69) is 4.90 Å². The first-order chi connectivity index (χ1) is 9.66. The van der Waals surface area contributed by atoms with Crippen LogP contribution in [-0.4, -0.2) is 56.0 Å². The van der Waals surface area contributed by atoms with Gasteiger partial charge in [-0.05, 0) is 38.1 Å². The number of piperidine rings is 1. The molecule has 1 aliphatic rings. The van der Waals surface area contributed by atoms with Crippen molar-refractivity contribution in [1.82, 2.24) is 9.80 Å². The Bertz CT molecular complexity index is 412. The minimum atomic E-state index is 0.205. The van der Waals surface area contributed by atoms with Gasteiger partial charge < -0.3 is 9.64 Å². The Hall–Kier alpha value is -1.55. The number of likely N-dealkylation sites (tertiary alicyclic amines) is 1. The second-order valence-corrected chi connectivity index (χ2v) is 5.51. The molecule has 110 valence electrons. The minimum absolute atomic E-state index is 0.205. The summed E-state index contributed by atoms with van der Waals surface area (Å²) in [7, 11) is 3.67. The van der Waals surface area contributed by atoms with E-state index in [0.717, 1.165) is 38.2 Å². The topological polar surface area (TPSA) is 32.8 Å². The van der Waals surface area contributed by atoms with Crippen LogP contribution in [0.2, 0.25) is 0 Å². The maximum atomic E-state index is 11.9. The summed E-state index contributed by atoms with van der Waals surface area (Å²) in [6.07, 6.45) is 1.92. The lowest BCUT2D eigenvalue weighted by Crippen LogP contribution is -2.41. The fourth-order valence-corrected chi connectivity index (χ4v) is 2.58. The number of para-hydroxylation sites is 1. The summed E-state index contributed by atoms with van der Waals surface area (Å²) in [6.45, 7) is 3.61. The van der Waals surface area contributed by atoms with Gasteiger partial charge >= 0.3 is 0 Å². The zero-order valence-electron chi connectivity index (χ0n) is 12.4. The lowest BCUT2D eigenvalue weighted by atomic mass is 9.95. The van der Waals surface area contributed by atoms with Crippen LogP contribution in [0.4, 0.5) is 0 Å². The molecule has 0 unspecified atom stereocenters. The predicted molar refractivity (Wildman–Crippen MR) is 79.8 cm³/mol. The first-order valence-electron chi connectivity index (χ1n) is 7.28. The number of carbonyl (C=O) groups excluding carboxylic acids is 1. The molecule has 1 amide bonds. The highest BCUT2D eigenvalue weighted by Crippen LogP contribution is 2.18. The molecule has 1 heterocycles. The molecule has 0 bridgehead atoms. The van der Waals surface area contributed by atoms with Gasteiger partial charge in [-0.2, -0.15) is 0 Å². The van der Waals surface area contributed by atoms with Crippen LogP contribution in [0.25, 0.3) is 0 Å². The van der Waals surface area contributed by atoms with Crippen LogP contribution in [0, 0.1) is 5.92 Å². The first-order valence-corrected chi connectivity index (χ1v) is 7.28. The minimum Gasteiger partial charge on any atom is -0.492 e. The van der Waals surface area contributed by atoms with Crippen molar-refractivity contribution < 1.29 is 9.53 Å². The number of hydrogen-bond donors (Lipinski definition) is 0. The number of hydrogen-bond acceptors (Lipinski definition) is 3. The average Bonchev–Trinajstić information content (AvgIpc) is 2.48. The van der Waals surface area contributed by atoms with Crippen molar-refractivity contribution in [3.63, 3.8) is 0 Å². The van der Waals surface area contributed by atoms with Gasteiger partial charge in [0, 0.05) is 26.6 Å². The van der Waals surface area contributed by atoms with Crippen LogP contribution in [0.5, 0.6) is 5.75 Å². The van der Waals surface area contributed by atoms with E-state index in [4.69, 9.17) is 4.74 Å². The van der Waals surface area contributed by atoms with Crippen molar-refractivity contribution >= 4 is 5.91 Å². The van der Waals surface area contributed by atoms with Crippen molar-refractivity contribution in [2.45, 2.75) is 12.8 Å². The molecule has 1 aromatic rings. The Morgan fingerprint density at radius 3 is 2.50 bits per heavy atom. The summed E-state index contributed by atoms with van der Waals surface area (Å²) < 4.78 is 5.70. The average molecular weight is 276 g/mol. The van der Waals surface area contributed by atoms with Gasteiger partial charge in [0.1, 0.15) is 12.4 Å². The van der Waals surface area contributed by atoms with Gasteiger partial charge in [0.2, 0.25) is 5.91 Å². The van der Waals surface area contributed by atoms with E-state index in [-0.39, 0.29) is 11.8 Å². The summed E-state index contributed by atoms with van der Waals surface area (Å²) in [5.74, 6) is 1.40. The summed E-state index contributed by atoms with van der Waals surface area (Å²) >= 11 is 0. The molecule has 20 heavy (non-hydrogen) atoms. The SMILES string of the molecule is CN(C)C(=O)C1CCN(CCOc2ccccc2)CC1. The molecule has 0 aromatic heterocycles. The lowest BCUT2D eigenvalue weighted by molar-refractivity contribution is -0.134. The van der Waals surface area contributed by atoms with Crippen LogP contribution in [-0.2, 0) is 4.79 Å². The molecule has 2 rings (SSSR count). The van der Waals surface area contributed by atoms with Crippen molar-refractivity contribution in [2.24, 2.45) is 5.92 Å². The van der Waals surface area contributed by atoms with E-state index in [1.165, 1.54) is 0 Å². The van der Waals surface area contributed by atoms with Crippen LogP contribution < -0.4 is 4.74 Å². The highest BCUT2D eigenvalue weighted by molar-refractivity contribution is 5.78. The molecule has 0 spiro atoms. The smallest absolute Gasteiger partial charge is 0.225 e. The van der Waals surface area contributed by atoms with Crippen molar-refractivity contribution in [2.75, 3.05) is 40.3 Å². The van der Waals surface area contributed by atoms with E-state index >= 15 is 0 Å². The zero-order chi connectivity index (χ0) is 14.4. The Labute approximate surface area is 121 Å². The quantitative estimate of drug-likeness (QED) is 0.823. The third-order valence-electron chi connectivity index (χ3n) is 3.80. The second-order valence-electron chi connectivity index (χ2n) is 5.51. The van der Waals surface area contributed by atoms with Gasteiger partial charge in [-0.25, -0.2) is 0 Å². The number of ether oxygens (including phenoxy) is 1. The monoisotopic (exact) mass is 276 g/mol. The molecule has 4 heteroatoms. The summed E-state index contributed by atoms with van der Waals surface area (Å²) in [4.78, 5) is 16.0. The van der Waals surface area contributed by atoms with Crippen LogP contribution in [0.1, 0.15) is 12.8 Å². The van der Waals surface area contributed by atoms with Crippen LogP contribution in [0.15, 0.2) is 30.3 Å². The molecule has 0 saturated carbocycles. The molecule has 4 nitrogen and oxygen atoms in total. The second kappa shape index (κ2) is 7.29. The number of carbonyl (C=O) groups is 1. The molecule has 0 atom stereocenters. The van der Waals surface area contributed by atoms with Gasteiger partial charge in [-0.1, -0.05) is 18.2 Å². The molecule has 0 aliphatic carbocycles. The van der Waals surface area contributed by atoms with Crippen molar-refractivity contribution in [3.8, 4) is 5.75 Å². The Balaban J connectivity index is 1.66. The molecular formula is C16H24N2O2. The highest BCUT2D eigenvalue weighted by atomic mass is 16.5. The molecule has 1 fully saturated rings. The molecule has 1 aromatic carbocycles. The lowest BCUT2D eigenvalue weighted by Gasteiger charge is -2.32. The maximum absolute atomic E-state index is 11.9. The molecule has 0 N–H and O–H groups in total. The first kappa shape index (κ1) is 14.9. The van der Waals surface area contributed by atoms with E-state index in [1.54, 1.807) is 4.90 Å². The largest absolute Gasteiger partial charge is 0.492 e. The van der Waals surface area contributed by atoms with E-state index < -0.39 is 0 Å². The number of rotatable bonds is 5. The van der Waals surface area contributed by atoms with Gasteiger partial charge in [-0.15, -0.1) is 0 Å². The van der Waals surface area contributed by atoms with Gasteiger partial charge in [0.05, 0.1) is 0 Å². The van der Waals surface area contributed by atoms with Gasteiger partial charge in [0.15, 0.2) is 0 Å². The fraction of sp³-hybridized carbons (Fsp3) is 0.562. The third-order valence-corrected chi connectivity index (χ3v) is 3.80. The van der Waals surface area contributed by atoms with E-state index in [9.17, 15) is 4.79 Å². The fourth-order valence-electron chi connectivity index (χ4n) is 2.58. The molecule has 0 radical (unpaired) electrons. The van der Waals surface area contributed by atoms with Gasteiger partial charge in [-0.3, -0.25) is 9.69 Å². The summed E-state index contributed by atoms with van der Waals surface area (Å²) in [6, 6.07) is 9.89. The van der Waals surface area contributed by atoms with E-state index in [1.807, 2.05) is 44.4 Å². The predicted octanol–water partition coefficient (Wildman–Crippen LogP) is 1.87. The zero-order valence-corrected chi connectivity index (χ0v) is 12.4. The normalized spacial score (nSPS) is 16.9.